The second-order valence-corrected chi connectivity index (χ2v) is 6.82. The van der Waals surface area contributed by atoms with Crippen LogP contribution in [0.2, 0.25) is 0 Å². The van der Waals surface area contributed by atoms with Crippen LogP contribution >= 0.6 is 15.9 Å². The van der Waals surface area contributed by atoms with Crippen molar-refractivity contribution in [2.24, 2.45) is 5.92 Å². The number of hydrogen-bond acceptors (Lipinski definition) is 2. The van der Waals surface area contributed by atoms with E-state index in [1.807, 2.05) is 0 Å². The van der Waals surface area contributed by atoms with E-state index < -0.39 is 5.97 Å². The molecule has 1 fully saturated rings. The molecule has 20 heavy (non-hydrogen) atoms. The van der Waals surface area contributed by atoms with Gasteiger partial charge in [-0.2, -0.15) is 0 Å². The molecule has 2 aliphatic rings. The third-order valence-corrected chi connectivity index (χ3v) is 5.38. The first-order chi connectivity index (χ1) is 9.65. The van der Waals surface area contributed by atoms with Crippen molar-refractivity contribution in [3.05, 3.63) is 33.8 Å². The van der Waals surface area contributed by atoms with Gasteiger partial charge in [-0.05, 0) is 55.3 Å². The summed E-state index contributed by atoms with van der Waals surface area (Å²) < 4.78 is 1.22. The van der Waals surface area contributed by atoms with Crippen LogP contribution in [0, 0.1) is 5.92 Å². The summed E-state index contributed by atoms with van der Waals surface area (Å²) in [7, 11) is 0. The van der Waals surface area contributed by atoms with Gasteiger partial charge in [-0.3, -0.25) is 9.69 Å². The number of aliphatic carboxylic acids is 1. The summed E-state index contributed by atoms with van der Waals surface area (Å²) in [4.78, 5) is 13.4. The Morgan fingerprint density at radius 1 is 1.40 bits per heavy atom. The first-order valence-electron chi connectivity index (χ1n) is 7.38. The van der Waals surface area contributed by atoms with Crippen LogP contribution in [0.4, 0.5) is 0 Å². The predicted molar refractivity (Wildman–Crippen MR) is 81.8 cm³/mol. The Morgan fingerprint density at radius 2 is 2.25 bits per heavy atom. The van der Waals surface area contributed by atoms with Crippen molar-refractivity contribution in [1.82, 2.24) is 4.90 Å². The molecule has 0 saturated carbocycles. The number of likely N-dealkylation sites (tertiary alicyclic amines) is 1. The molecule has 2 unspecified atom stereocenters. The van der Waals surface area contributed by atoms with Gasteiger partial charge in [-0.15, -0.1) is 0 Å². The standard InChI is InChI=1S/C16H20BrNO2/c17-14-5-1-4-13-12(14)6-7-15(13)18-8-2-3-11(10-18)9-16(19)20/h1,4-5,11,15H,2-3,6-10H2,(H,19,20). The first-order valence-corrected chi connectivity index (χ1v) is 8.17. The van der Waals surface area contributed by atoms with E-state index in [0.29, 0.717) is 18.4 Å². The lowest BCUT2D eigenvalue weighted by Crippen LogP contribution is -2.38. The summed E-state index contributed by atoms with van der Waals surface area (Å²) in [5.41, 5.74) is 2.88. The summed E-state index contributed by atoms with van der Waals surface area (Å²) in [6.07, 6.45) is 4.78. The second-order valence-electron chi connectivity index (χ2n) is 5.96. The minimum atomic E-state index is -0.661. The quantitative estimate of drug-likeness (QED) is 0.915. The Balaban J connectivity index is 1.75. The van der Waals surface area contributed by atoms with Gasteiger partial charge in [0.1, 0.15) is 0 Å². The highest BCUT2D eigenvalue weighted by molar-refractivity contribution is 9.10. The molecule has 1 aliphatic heterocycles. The molecule has 0 bridgehead atoms. The molecule has 1 aromatic rings. The molecule has 1 heterocycles. The van der Waals surface area contributed by atoms with Crippen molar-refractivity contribution in [3.63, 3.8) is 0 Å². The van der Waals surface area contributed by atoms with Crippen LogP contribution in [0.3, 0.4) is 0 Å². The van der Waals surface area contributed by atoms with Crippen LogP contribution in [0.25, 0.3) is 0 Å². The third kappa shape index (κ3) is 2.77. The zero-order valence-corrected chi connectivity index (χ0v) is 13.1. The van der Waals surface area contributed by atoms with E-state index in [-0.39, 0.29) is 0 Å². The lowest BCUT2D eigenvalue weighted by atomic mass is 9.93. The van der Waals surface area contributed by atoms with Gasteiger partial charge < -0.3 is 5.11 Å². The molecular weight excluding hydrogens is 318 g/mol. The number of carboxylic acid groups (broad SMARTS) is 1. The molecule has 3 nitrogen and oxygen atoms in total. The van der Waals surface area contributed by atoms with E-state index in [1.54, 1.807) is 0 Å². The van der Waals surface area contributed by atoms with Crippen LogP contribution < -0.4 is 0 Å². The van der Waals surface area contributed by atoms with Crippen molar-refractivity contribution in [3.8, 4) is 0 Å². The fourth-order valence-electron chi connectivity index (χ4n) is 3.76. The van der Waals surface area contributed by atoms with Gasteiger partial charge in [0.05, 0.1) is 0 Å². The van der Waals surface area contributed by atoms with Gasteiger partial charge in [-0.1, -0.05) is 28.1 Å². The lowest BCUT2D eigenvalue weighted by Gasteiger charge is -2.36. The molecule has 1 N–H and O–H groups in total. The molecule has 108 valence electrons. The number of nitrogens with zero attached hydrogens (tertiary/aromatic N) is 1. The number of rotatable bonds is 3. The average molecular weight is 338 g/mol. The topological polar surface area (TPSA) is 40.5 Å². The highest BCUT2D eigenvalue weighted by Crippen LogP contribution is 2.40. The van der Waals surface area contributed by atoms with Gasteiger partial charge in [0.2, 0.25) is 0 Å². The van der Waals surface area contributed by atoms with Crippen LogP contribution in [0.1, 0.15) is 42.9 Å². The summed E-state index contributed by atoms with van der Waals surface area (Å²) in [5, 5.41) is 8.99. The Kier molecular flexibility index (Phi) is 4.13. The average Bonchev–Trinajstić information content (AvgIpc) is 2.83. The van der Waals surface area contributed by atoms with Crippen LogP contribution in [-0.4, -0.2) is 29.1 Å². The van der Waals surface area contributed by atoms with Crippen molar-refractivity contribution in [2.75, 3.05) is 13.1 Å². The molecule has 4 heteroatoms. The molecule has 0 radical (unpaired) electrons. The van der Waals surface area contributed by atoms with Crippen LogP contribution in [-0.2, 0) is 11.2 Å². The minimum absolute atomic E-state index is 0.314. The number of carboxylic acids is 1. The highest BCUT2D eigenvalue weighted by Gasteiger charge is 2.32. The van der Waals surface area contributed by atoms with Gasteiger partial charge in [0.15, 0.2) is 0 Å². The SMILES string of the molecule is O=C(O)CC1CCCN(C2CCc3c(Br)cccc32)C1. The zero-order chi connectivity index (χ0) is 14.1. The highest BCUT2D eigenvalue weighted by atomic mass is 79.9. The maximum Gasteiger partial charge on any atom is 0.303 e. The van der Waals surface area contributed by atoms with Gasteiger partial charge in [-0.25, -0.2) is 0 Å². The minimum Gasteiger partial charge on any atom is -0.481 e. The molecule has 1 aliphatic carbocycles. The number of halogens is 1. The normalized spacial score (nSPS) is 26.4. The van der Waals surface area contributed by atoms with E-state index in [0.717, 1.165) is 38.8 Å². The van der Waals surface area contributed by atoms with Crippen molar-refractivity contribution < 1.29 is 9.90 Å². The number of benzene rings is 1. The smallest absolute Gasteiger partial charge is 0.303 e. The number of carbonyl (C=O) groups is 1. The third-order valence-electron chi connectivity index (χ3n) is 4.64. The molecule has 0 aromatic heterocycles. The van der Waals surface area contributed by atoms with E-state index in [2.05, 4.69) is 39.0 Å². The van der Waals surface area contributed by atoms with Gasteiger partial charge >= 0.3 is 5.97 Å². The van der Waals surface area contributed by atoms with Crippen LogP contribution in [0.5, 0.6) is 0 Å². The Labute approximate surface area is 128 Å². The Bertz CT molecular complexity index is 517. The van der Waals surface area contributed by atoms with E-state index in [1.165, 1.54) is 15.6 Å². The molecule has 0 spiro atoms. The largest absolute Gasteiger partial charge is 0.481 e. The molecule has 3 rings (SSSR count). The molecule has 1 saturated heterocycles. The summed E-state index contributed by atoms with van der Waals surface area (Å²) in [5.74, 6) is -0.344. The first kappa shape index (κ1) is 14.1. The second kappa shape index (κ2) is 5.86. The predicted octanol–water partition coefficient (Wildman–Crippen LogP) is 3.62. The van der Waals surface area contributed by atoms with Gasteiger partial charge in [0.25, 0.3) is 0 Å². The molecule has 1 aromatic carbocycles. The van der Waals surface area contributed by atoms with Gasteiger partial charge in [0, 0.05) is 23.5 Å². The number of piperidine rings is 1. The van der Waals surface area contributed by atoms with Crippen molar-refractivity contribution >= 4 is 21.9 Å². The fourth-order valence-corrected chi connectivity index (χ4v) is 4.34. The maximum absolute atomic E-state index is 10.9. The molecular formula is C16H20BrNO2. The lowest BCUT2D eigenvalue weighted by molar-refractivity contribution is -0.138. The van der Waals surface area contributed by atoms with Crippen molar-refractivity contribution in [1.29, 1.82) is 0 Å². The van der Waals surface area contributed by atoms with E-state index in [9.17, 15) is 4.79 Å². The summed E-state index contributed by atoms with van der Waals surface area (Å²) in [6, 6.07) is 6.95. The fraction of sp³-hybridized carbons (Fsp3) is 0.562. The monoisotopic (exact) mass is 337 g/mol. The summed E-state index contributed by atoms with van der Waals surface area (Å²) in [6.45, 7) is 2.04. The maximum atomic E-state index is 10.9. The molecule has 0 amide bonds. The summed E-state index contributed by atoms with van der Waals surface area (Å²) >= 11 is 3.65. The van der Waals surface area contributed by atoms with E-state index >= 15 is 0 Å². The van der Waals surface area contributed by atoms with Crippen LogP contribution in [0.15, 0.2) is 22.7 Å². The molecule has 2 atom stereocenters. The Morgan fingerprint density at radius 3 is 3.05 bits per heavy atom. The van der Waals surface area contributed by atoms with Crippen molar-refractivity contribution in [2.45, 2.75) is 38.1 Å². The van der Waals surface area contributed by atoms with E-state index in [4.69, 9.17) is 5.11 Å². The Hall–Kier alpha value is -0.870. The zero-order valence-electron chi connectivity index (χ0n) is 11.5. The number of fused-ring (bicyclic) bond motifs is 1. The number of hydrogen-bond donors (Lipinski definition) is 1.